The smallest absolute Gasteiger partial charge is 0.406 e. The molecule has 0 aliphatic heterocycles. The van der Waals surface area contributed by atoms with Gasteiger partial charge in [0.2, 0.25) is 0 Å². The van der Waals surface area contributed by atoms with Crippen molar-refractivity contribution in [3.8, 4) is 34.5 Å². The molecule has 3 aromatic heterocycles. The lowest BCUT2D eigenvalue weighted by Crippen LogP contribution is -2.34. The molecule has 0 amide bonds. The Bertz CT molecular complexity index is 5070. The van der Waals surface area contributed by atoms with Crippen LogP contribution < -0.4 is 45.5 Å². The lowest BCUT2D eigenvalue weighted by molar-refractivity contribution is -0.141. The van der Waals surface area contributed by atoms with Crippen LogP contribution in [-0.2, 0) is 53.9 Å². The molecule has 0 aliphatic carbocycles. The molecule has 0 spiro atoms. The number of methoxy groups -OCH3 is 3. The summed E-state index contributed by atoms with van der Waals surface area (Å²) >= 11 is 12.0. The molecule has 556 valence electrons. The number of carbonyl (C=O) groups is 1. The molecule has 0 bridgehead atoms. The zero-order chi connectivity index (χ0) is 75.7. The van der Waals surface area contributed by atoms with Crippen LogP contribution in [0, 0.1) is 0 Å². The van der Waals surface area contributed by atoms with Gasteiger partial charge in [-0.25, -0.2) is 53.2 Å². The average Bonchev–Trinajstić information content (AvgIpc) is 1.57. The van der Waals surface area contributed by atoms with Gasteiger partial charge in [0.1, 0.15) is 42.6 Å². The van der Waals surface area contributed by atoms with Crippen LogP contribution in [0.25, 0.3) is 33.1 Å². The van der Waals surface area contributed by atoms with Gasteiger partial charge < -0.3 is 33.2 Å². The number of fused-ring (bicyclic) bond motifs is 3. The number of hydrogen-bond acceptors (Lipinski definition) is 17. The van der Waals surface area contributed by atoms with Gasteiger partial charge in [-0.05, 0) is 135 Å². The van der Waals surface area contributed by atoms with E-state index in [1.54, 1.807) is 58.0 Å². The molecule has 0 fully saturated rings. The number of halogens is 10. The summed E-state index contributed by atoms with van der Waals surface area (Å²) in [7, 11) is -6.67. The zero-order valence-electron chi connectivity index (χ0n) is 56.4. The standard InChI is InChI=1S/C24H27F3N2O7S.C21H22ClF3N2O5S.C21H23ClF2N2O5S/c1-5-35-21-12-15(8-10-20(21)34-3)19(13-37(4,32)33)29-17-9-7-16(22(30)36-6-2)11-18(17)28(23(29)31)14-24(25,26)27;1-4-32-19-9-13(5-8-18(19)31-2)17(11-33(3,29)30)27-15-7-6-14(22)10-16(15)26(20(27)28)12-21(23,24)25;1-4-31-19-9-13(5-8-18(19)30-2)17(12-32(3,28)29)26-15-7-6-14(22)10-16(15)25(21(26)27)11-20(23)24/h7-12,19H,5-6,13-14H2,1-4H3;5-10,17H,4,11-12H2,1-3H3;5-10,17,20H,4,11-12H2,1-3H3/t19-;2*17-/m000/s1. The molecule has 0 radical (unpaired) electrons. The lowest BCUT2D eigenvalue weighted by atomic mass is 10.1. The normalized spacial score (nSPS) is 13.1. The predicted molar refractivity (Wildman–Crippen MR) is 369 cm³/mol. The van der Waals surface area contributed by atoms with Crippen LogP contribution in [-0.4, -0.2) is 161 Å². The van der Waals surface area contributed by atoms with Gasteiger partial charge in [-0.15, -0.1) is 0 Å². The molecule has 0 N–H and O–H groups in total. The maximum absolute atomic E-state index is 13.5. The molecule has 0 unspecified atom stereocenters. The SMILES string of the molecule is CCOC(=O)c1ccc2c(c1)n(CC(F)(F)F)c(=O)n2[C@@H](CS(C)(=O)=O)c1ccc(OC)c(OCC)c1.CCOc1cc([C@H](CS(C)(=O)=O)n2c(=O)n(CC(F)(F)F)c3cc(Cl)ccc32)ccc1OC.CCOc1cc([C@H](CS(C)(=O)=O)n2c(=O)n(CC(F)F)c3cc(Cl)ccc32)ccc1OC. The Labute approximate surface area is 589 Å². The van der Waals surface area contributed by atoms with E-state index in [2.05, 4.69) is 0 Å². The third kappa shape index (κ3) is 20.1. The molecule has 9 rings (SSSR count). The first-order valence-electron chi connectivity index (χ1n) is 30.8. The van der Waals surface area contributed by atoms with Gasteiger partial charge in [-0.3, -0.25) is 27.4 Å². The molecule has 3 atom stereocenters. The highest BCUT2D eigenvalue weighted by Crippen LogP contribution is 2.38. The van der Waals surface area contributed by atoms with E-state index < -0.39 is 126 Å². The second-order valence-corrected chi connectivity index (χ2v) is 30.3. The number of alkyl halides is 8. The van der Waals surface area contributed by atoms with Gasteiger partial charge in [0, 0.05) is 28.8 Å². The van der Waals surface area contributed by atoms with Gasteiger partial charge in [-0.1, -0.05) is 41.4 Å². The first-order chi connectivity index (χ1) is 47.7. The van der Waals surface area contributed by atoms with Crippen molar-refractivity contribution >= 4 is 91.8 Å². The highest BCUT2D eigenvalue weighted by atomic mass is 35.5. The minimum Gasteiger partial charge on any atom is -0.493 e. The van der Waals surface area contributed by atoms with Crippen molar-refractivity contribution in [1.29, 1.82) is 0 Å². The number of imidazole rings is 3. The fourth-order valence-electron chi connectivity index (χ4n) is 11.3. The molecule has 9 aromatic rings. The van der Waals surface area contributed by atoms with Crippen molar-refractivity contribution in [3.05, 3.63) is 173 Å². The minimum absolute atomic E-state index is 0.0183. The van der Waals surface area contributed by atoms with Crippen molar-refractivity contribution in [3.63, 3.8) is 0 Å². The van der Waals surface area contributed by atoms with Gasteiger partial charge in [0.05, 0.1) is 128 Å². The Hall–Kier alpha value is -8.73. The van der Waals surface area contributed by atoms with E-state index in [9.17, 15) is 79.6 Å². The molecule has 0 aliphatic rings. The van der Waals surface area contributed by atoms with Crippen molar-refractivity contribution < 1.29 is 98.3 Å². The van der Waals surface area contributed by atoms with Crippen molar-refractivity contribution in [2.24, 2.45) is 0 Å². The largest absolute Gasteiger partial charge is 0.493 e. The molecule has 3 heterocycles. The second kappa shape index (κ2) is 33.2. The number of esters is 1. The highest BCUT2D eigenvalue weighted by molar-refractivity contribution is 7.91. The van der Waals surface area contributed by atoms with Gasteiger partial charge in [0.25, 0.3) is 6.43 Å². The van der Waals surface area contributed by atoms with Gasteiger partial charge >= 0.3 is 35.4 Å². The topological polar surface area (TPSA) is 265 Å². The Kier molecular flexibility index (Phi) is 26.2. The number of aromatic nitrogens is 6. The third-order valence-electron chi connectivity index (χ3n) is 15.3. The van der Waals surface area contributed by atoms with E-state index >= 15 is 0 Å². The van der Waals surface area contributed by atoms with Crippen molar-refractivity contribution in [1.82, 2.24) is 27.4 Å². The first-order valence-corrected chi connectivity index (χ1v) is 37.7. The van der Waals surface area contributed by atoms with Crippen LogP contribution in [0.3, 0.4) is 0 Å². The Morgan fingerprint density at radius 1 is 0.431 bits per heavy atom. The summed E-state index contributed by atoms with van der Waals surface area (Å²) in [4.78, 5) is 52.2. The van der Waals surface area contributed by atoms with E-state index in [4.69, 9.17) is 56.4 Å². The Balaban J connectivity index is 0.000000215. The molecule has 0 saturated heterocycles. The maximum atomic E-state index is 13.5. The predicted octanol–water partition coefficient (Wildman–Crippen LogP) is 11.4. The zero-order valence-corrected chi connectivity index (χ0v) is 60.4. The minimum atomic E-state index is -4.77. The fourth-order valence-corrected chi connectivity index (χ4v) is 14.4. The van der Waals surface area contributed by atoms with Gasteiger partial charge in [-0.2, -0.15) is 26.3 Å². The summed E-state index contributed by atoms with van der Waals surface area (Å²) in [6.07, 6.45) is -9.23. The molecule has 0 saturated carbocycles. The Morgan fingerprint density at radius 3 is 1.04 bits per heavy atom. The van der Waals surface area contributed by atoms with E-state index in [-0.39, 0.29) is 62.2 Å². The molecular formula is C66H72Cl2F8N6O17S3. The molecule has 36 heteroatoms. The summed E-state index contributed by atoms with van der Waals surface area (Å²) in [6.45, 7) is 3.74. The number of ether oxygens (including phenoxy) is 7. The maximum Gasteiger partial charge on any atom is 0.406 e. The number of carbonyl (C=O) groups excluding carboxylic acids is 1. The van der Waals surface area contributed by atoms with Crippen LogP contribution in [0.2, 0.25) is 10.0 Å². The van der Waals surface area contributed by atoms with E-state index in [0.717, 1.165) is 38.5 Å². The van der Waals surface area contributed by atoms with Crippen molar-refractivity contribution in [2.45, 2.75) is 84.2 Å². The number of benzene rings is 6. The van der Waals surface area contributed by atoms with Gasteiger partial charge in [0.15, 0.2) is 34.5 Å². The number of nitrogens with zero attached hydrogens (tertiary/aromatic N) is 6. The average molecular weight is 1540 g/mol. The van der Waals surface area contributed by atoms with Crippen LogP contribution in [0.15, 0.2) is 124 Å². The van der Waals surface area contributed by atoms with E-state index in [0.29, 0.717) is 73.3 Å². The second-order valence-electron chi connectivity index (χ2n) is 22.9. The van der Waals surface area contributed by atoms with Crippen LogP contribution in [0.4, 0.5) is 35.1 Å². The number of sulfone groups is 3. The summed E-state index contributed by atoms with van der Waals surface area (Å²) < 4.78 is 223. The lowest BCUT2D eigenvalue weighted by Gasteiger charge is -2.20. The summed E-state index contributed by atoms with van der Waals surface area (Å²) in [5.74, 6) is -0.176. The third-order valence-corrected chi connectivity index (χ3v) is 18.5. The summed E-state index contributed by atoms with van der Waals surface area (Å²) in [5, 5.41) is 0.402. The van der Waals surface area contributed by atoms with E-state index in [1.807, 2.05) is 0 Å². The first kappa shape index (κ1) is 80.6. The molecule has 23 nitrogen and oxygen atoms in total. The molecule has 102 heavy (non-hydrogen) atoms. The van der Waals surface area contributed by atoms with Crippen LogP contribution in [0.5, 0.6) is 34.5 Å². The van der Waals surface area contributed by atoms with Crippen LogP contribution in [0.1, 0.15) is 72.9 Å². The Morgan fingerprint density at radius 2 is 0.745 bits per heavy atom. The fraction of sp³-hybridized carbons (Fsp3) is 0.394. The van der Waals surface area contributed by atoms with Crippen molar-refractivity contribution in [2.75, 3.05) is 83.8 Å². The summed E-state index contributed by atoms with van der Waals surface area (Å²) in [5.41, 5.74) is -1.41. The molecular weight excluding hydrogens is 1470 g/mol. The van der Waals surface area contributed by atoms with Crippen LogP contribution >= 0.6 is 23.2 Å². The number of hydrogen-bond donors (Lipinski definition) is 0. The monoisotopic (exact) mass is 1540 g/mol. The highest BCUT2D eigenvalue weighted by Gasteiger charge is 2.36. The quantitative estimate of drug-likeness (QED) is 0.0342. The number of rotatable bonds is 27. The molecule has 6 aromatic carbocycles. The summed E-state index contributed by atoms with van der Waals surface area (Å²) in [6, 6.07) is 22.9. The van der Waals surface area contributed by atoms with E-state index in [1.165, 1.54) is 98.7 Å².